The van der Waals surface area contributed by atoms with Gasteiger partial charge in [-0.05, 0) is 4.92 Å². The van der Waals surface area contributed by atoms with Gasteiger partial charge in [0.05, 0.1) is 13.2 Å². The molecule has 0 saturated heterocycles. The zero-order chi connectivity index (χ0) is 13.2. The fourth-order valence-electron chi connectivity index (χ4n) is 0.910. The summed E-state index contributed by atoms with van der Waals surface area (Å²) in [5.41, 5.74) is 0. The highest BCUT2D eigenvalue weighted by Crippen LogP contribution is 2.39. The third-order valence-corrected chi connectivity index (χ3v) is 1.53. The zero-order valence-electron chi connectivity index (χ0n) is 8.19. The lowest BCUT2D eigenvalue weighted by molar-refractivity contribution is -0.390. The lowest BCUT2D eigenvalue weighted by Crippen LogP contribution is -2.18. The summed E-state index contributed by atoms with van der Waals surface area (Å²) in [6, 6.07) is 0.665. The molecule has 0 unspecified atom stereocenters. The van der Waals surface area contributed by atoms with E-state index >= 15 is 0 Å². The van der Waals surface area contributed by atoms with E-state index in [0.717, 1.165) is 7.11 Å². The van der Waals surface area contributed by atoms with Crippen LogP contribution in [0.3, 0.4) is 0 Å². The molecule has 1 N–H and O–H groups in total. The first kappa shape index (κ1) is 12.8. The van der Waals surface area contributed by atoms with Gasteiger partial charge in [0.2, 0.25) is 5.75 Å². The van der Waals surface area contributed by atoms with Crippen LogP contribution in [0.15, 0.2) is 6.07 Å². The fraction of sp³-hybridized carbons (Fsp3) is 0.286. The topological polar surface area (TPSA) is 94.7 Å². The number of hydrogen-bond acceptors (Lipinski definition) is 6. The Balaban J connectivity index is 3.28. The van der Waals surface area contributed by atoms with Crippen LogP contribution >= 0.6 is 0 Å². The van der Waals surface area contributed by atoms with Crippen molar-refractivity contribution >= 4 is 5.82 Å². The molecule has 1 rings (SSSR count). The second-order valence-corrected chi connectivity index (χ2v) is 2.64. The Bertz CT molecular complexity index is 448. The van der Waals surface area contributed by atoms with Gasteiger partial charge in [-0.25, -0.2) is 0 Å². The average molecular weight is 254 g/mol. The molecule has 0 amide bonds. The molecule has 0 aliphatic rings. The largest absolute Gasteiger partial charge is 0.575 e. The van der Waals surface area contributed by atoms with Crippen molar-refractivity contribution in [2.24, 2.45) is 0 Å². The van der Waals surface area contributed by atoms with Crippen molar-refractivity contribution in [3.63, 3.8) is 0 Å². The van der Waals surface area contributed by atoms with Crippen LogP contribution in [0.5, 0.6) is 17.4 Å². The molecule has 0 bridgehead atoms. The van der Waals surface area contributed by atoms with Gasteiger partial charge in [-0.2, -0.15) is 0 Å². The van der Waals surface area contributed by atoms with Crippen molar-refractivity contribution in [3.8, 4) is 17.4 Å². The lowest BCUT2D eigenvalue weighted by atomic mass is 10.4. The molecule has 7 nitrogen and oxygen atoms in total. The van der Waals surface area contributed by atoms with Crippen LogP contribution in [0.25, 0.3) is 0 Å². The summed E-state index contributed by atoms with van der Waals surface area (Å²) in [7, 11) is 1.01. The van der Waals surface area contributed by atoms with Gasteiger partial charge in [-0.3, -0.25) is 0 Å². The second-order valence-electron chi connectivity index (χ2n) is 2.64. The molecule has 0 spiro atoms. The number of ether oxygens (including phenoxy) is 2. The molecule has 10 heteroatoms. The van der Waals surface area contributed by atoms with E-state index < -0.39 is 34.5 Å². The van der Waals surface area contributed by atoms with E-state index in [1.54, 1.807) is 0 Å². The molecule has 0 fully saturated rings. The third kappa shape index (κ3) is 3.09. The predicted octanol–water partition coefficient (Wildman–Crippen LogP) is 1.60. The summed E-state index contributed by atoms with van der Waals surface area (Å²) in [5, 5.41) is 19.6. The minimum atomic E-state index is -5.13. The summed E-state index contributed by atoms with van der Waals surface area (Å²) in [6.45, 7) is 0. The van der Waals surface area contributed by atoms with Gasteiger partial charge in [-0.15, -0.1) is 13.2 Å². The Hall–Kier alpha value is -2.26. The lowest BCUT2D eigenvalue weighted by Gasteiger charge is -2.08. The number of alkyl halides is 3. The normalized spacial score (nSPS) is 11.1. The molecule has 17 heavy (non-hydrogen) atoms. The van der Waals surface area contributed by atoms with Gasteiger partial charge >= 0.3 is 18.1 Å². The smallest absolute Gasteiger partial charge is 0.499 e. The first-order valence-corrected chi connectivity index (χ1v) is 3.92. The highest BCUT2D eigenvalue weighted by molar-refractivity contribution is 5.50. The average Bonchev–Trinajstić information content (AvgIpc) is 2.18. The van der Waals surface area contributed by atoms with Gasteiger partial charge in [0.15, 0.2) is 5.75 Å². The molecular formula is C7H5F3N2O5. The molecule has 0 saturated carbocycles. The molecular weight excluding hydrogens is 249 g/mol. The van der Waals surface area contributed by atoms with Crippen molar-refractivity contribution in [2.45, 2.75) is 6.36 Å². The van der Waals surface area contributed by atoms with Gasteiger partial charge < -0.3 is 24.7 Å². The van der Waals surface area contributed by atoms with Crippen LogP contribution in [0.4, 0.5) is 19.0 Å². The molecule has 0 atom stereocenters. The zero-order valence-corrected chi connectivity index (χ0v) is 8.19. The summed E-state index contributed by atoms with van der Waals surface area (Å²) < 4.78 is 43.5. The summed E-state index contributed by atoms with van der Waals surface area (Å²) in [5.74, 6) is -3.91. The molecule has 0 radical (unpaired) electrons. The number of methoxy groups -OCH3 is 1. The quantitative estimate of drug-likeness (QED) is 0.650. The van der Waals surface area contributed by atoms with E-state index in [4.69, 9.17) is 0 Å². The number of aromatic hydroxyl groups is 1. The van der Waals surface area contributed by atoms with E-state index in [9.17, 15) is 28.4 Å². The summed E-state index contributed by atoms with van der Waals surface area (Å²) >= 11 is 0. The maximum atomic E-state index is 11.9. The number of nitrogens with zero attached hydrogens (tertiary/aromatic N) is 2. The van der Waals surface area contributed by atoms with E-state index in [0.29, 0.717) is 6.07 Å². The van der Waals surface area contributed by atoms with Crippen LogP contribution in [-0.2, 0) is 0 Å². The van der Waals surface area contributed by atoms with Crippen molar-refractivity contribution in [1.82, 2.24) is 4.98 Å². The van der Waals surface area contributed by atoms with Crippen LogP contribution in [0, 0.1) is 10.1 Å². The molecule has 1 aromatic rings. The number of nitro groups is 1. The molecule has 0 aromatic carbocycles. The number of halogens is 3. The fourth-order valence-corrected chi connectivity index (χ4v) is 0.910. The molecule has 0 aliphatic carbocycles. The van der Waals surface area contributed by atoms with Gasteiger partial charge in [0, 0.05) is 4.98 Å². The number of rotatable bonds is 3. The summed E-state index contributed by atoms with van der Waals surface area (Å²) in [4.78, 5) is 12.2. The molecule has 94 valence electrons. The summed E-state index contributed by atoms with van der Waals surface area (Å²) in [6.07, 6.45) is -5.13. The van der Waals surface area contributed by atoms with E-state index in [1.807, 2.05) is 0 Å². The highest BCUT2D eigenvalue weighted by atomic mass is 19.4. The number of pyridine rings is 1. The number of hydrogen-bond donors (Lipinski definition) is 1. The monoisotopic (exact) mass is 254 g/mol. The van der Waals surface area contributed by atoms with Crippen LogP contribution in [-0.4, -0.2) is 28.5 Å². The first-order valence-electron chi connectivity index (χ1n) is 3.92. The Labute approximate surface area is 91.6 Å². The number of aromatic nitrogens is 1. The molecule has 1 heterocycles. The van der Waals surface area contributed by atoms with Gasteiger partial charge in [-0.1, -0.05) is 0 Å². The standard InChI is InChI=1S/C7H5F3N2O5/c1-16-3-2-4(12(14)15)11-6(5(3)13)17-7(8,9)10/h2,13H,1H3. The highest BCUT2D eigenvalue weighted by Gasteiger charge is 2.37. The third-order valence-electron chi connectivity index (χ3n) is 1.53. The van der Waals surface area contributed by atoms with Gasteiger partial charge in [0.1, 0.15) is 0 Å². The van der Waals surface area contributed by atoms with Crippen molar-refractivity contribution in [2.75, 3.05) is 7.11 Å². The Kier molecular flexibility index (Phi) is 3.25. The molecule has 1 aromatic heterocycles. The SMILES string of the molecule is COc1cc([N+](=O)[O-])nc(OC(F)(F)F)c1O. The minimum absolute atomic E-state index is 0.550. The Morgan fingerprint density at radius 1 is 1.53 bits per heavy atom. The van der Waals surface area contributed by atoms with Gasteiger partial charge in [0.25, 0.3) is 0 Å². The van der Waals surface area contributed by atoms with Crippen molar-refractivity contribution < 1.29 is 32.7 Å². The Morgan fingerprint density at radius 3 is 2.53 bits per heavy atom. The van der Waals surface area contributed by atoms with E-state index in [1.165, 1.54) is 0 Å². The van der Waals surface area contributed by atoms with E-state index in [-0.39, 0.29) is 0 Å². The van der Waals surface area contributed by atoms with E-state index in [2.05, 4.69) is 14.5 Å². The van der Waals surface area contributed by atoms with Crippen LogP contribution in [0.1, 0.15) is 0 Å². The Morgan fingerprint density at radius 2 is 2.12 bits per heavy atom. The van der Waals surface area contributed by atoms with Crippen LogP contribution in [0.2, 0.25) is 0 Å². The second kappa shape index (κ2) is 4.31. The first-order chi connectivity index (χ1) is 7.74. The minimum Gasteiger partial charge on any atom is -0.499 e. The maximum absolute atomic E-state index is 11.9. The predicted molar refractivity (Wildman–Crippen MR) is 45.8 cm³/mol. The molecule has 0 aliphatic heterocycles. The van der Waals surface area contributed by atoms with Crippen LogP contribution < -0.4 is 9.47 Å². The van der Waals surface area contributed by atoms with Crippen molar-refractivity contribution in [1.29, 1.82) is 0 Å². The van der Waals surface area contributed by atoms with Crippen molar-refractivity contribution in [3.05, 3.63) is 16.2 Å². The maximum Gasteiger partial charge on any atom is 0.575 e.